The lowest BCUT2D eigenvalue weighted by Crippen LogP contribution is -2.29. The first-order valence-electron chi connectivity index (χ1n) is 11.5. The number of rotatable bonds is 9. The molecule has 0 spiro atoms. The lowest BCUT2D eigenvalue weighted by molar-refractivity contribution is -0.122. The molecule has 1 atom stereocenters. The maximum Gasteiger partial charge on any atom is 0.338 e. The zero-order chi connectivity index (χ0) is 23.1. The summed E-state index contributed by atoms with van der Waals surface area (Å²) in [5.41, 5.74) is 4.25. The number of ether oxygens (including phenoxy) is 1. The van der Waals surface area contributed by atoms with Crippen LogP contribution < -0.4 is 10.2 Å². The fourth-order valence-corrected chi connectivity index (χ4v) is 3.99. The van der Waals surface area contributed by atoms with Crippen molar-refractivity contribution < 1.29 is 19.1 Å². The number of benzene rings is 2. The van der Waals surface area contributed by atoms with Crippen LogP contribution in [-0.4, -0.2) is 30.9 Å². The van der Waals surface area contributed by atoms with Gasteiger partial charge in [0.05, 0.1) is 18.1 Å². The van der Waals surface area contributed by atoms with Crippen LogP contribution in [0.2, 0.25) is 0 Å². The Kier molecular flexibility index (Phi) is 8.03. The summed E-state index contributed by atoms with van der Waals surface area (Å²) in [5.74, 6) is -0.998. The van der Waals surface area contributed by atoms with Gasteiger partial charge in [0, 0.05) is 24.3 Å². The lowest BCUT2D eigenvalue weighted by Gasteiger charge is -2.23. The van der Waals surface area contributed by atoms with Crippen LogP contribution in [-0.2, 0) is 27.2 Å². The highest BCUT2D eigenvalue weighted by atomic mass is 16.5. The van der Waals surface area contributed by atoms with E-state index in [2.05, 4.69) is 19.2 Å². The van der Waals surface area contributed by atoms with E-state index >= 15 is 0 Å². The number of carbonyl (C=O) groups is 3. The number of anilines is 2. The molecule has 1 saturated heterocycles. The maximum absolute atomic E-state index is 12.9. The Balaban J connectivity index is 1.65. The quantitative estimate of drug-likeness (QED) is 0.454. The van der Waals surface area contributed by atoms with Crippen LogP contribution in [0.5, 0.6) is 0 Å². The molecule has 3 rings (SSSR count). The highest BCUT2D eigenvalue weighted by Crippen LogP contribution is 2.32. The molecule has 1 N–H and O–H groups in total. The van der Waals surface area contributed by atoms with Crippen LogP contribution in [0.25, 0.3) is 0 Å². The molecule has 0 aliphatic carbocycles. The van der Waals surface area contributed by atoms with Gasteiger partial charge in [0.1, 0.15) is 0 Å². The zero-order valence-electron chi connectivity index (χ0n) is 19.1. The summed E-state index contributed by atoms with van der Waals surface area (Å²) in [4.78, 5) is 39.5. The van der Waals surface area contributed by atoms with Gasteiger partial charge in [0.15, 0.2) is 0 Å². The standard InChI is InChI=1S/C26H32N2O4/c1-4-7-15-32-26(31)20-11-13-22(14-12-20)27-25(30)21-16-23(29)28(17-21)24-18(5-2)9-8-10-19(24)6-3/h8-14,21H,4-7,15-17H2,1-3H3,(H,27,30)/t21-/m0/s1. The predicted molar refractivity (Wildman–Crippen MR) is 126 cm³/mol. The Labute approximate surface area is 189 Å². The number of nitrogens with one attached hydrogen (secondary N) is 1. The minimum absolute atomic E-state index is 0.0223. The van der Waals surface area contributed by atoms with Gasteiger partial charge >= 0.3 is 5.97 Å². The van der Waals surface area contributed by atoms with Crippen LogP contribution in [0.4, 0.5) is 11.4 Å². The van der Waals surface area contributed by atoms with E-state index in [0.29, 0.717) is 24.4 Å². The molecule has 0 bridgehead atoms. The fourth-order valence-electron chi connectivity index (χ4n) is 3.99. The third-order valence-electron chi connectivity index (χ3n) is 5.85. The summed E-state index contributed by atoms with van der Waals surface area (Å²) < 4.78 is 5.20. The van der Waals surface area contributed by atoms with Crippen LogP contribution in [0.3, 0.4) is 0 Å². The normalized spacial score (nSPS) is 15.7. The van der Waals surface area contributed by atoms with Crippen molar-refractivity contribution in [3.8, 4) is 0 Å². The number of amides is 2. The van der Waals surface area contributed by atoms with Crippen LogP contribution >= 0.6 is 0 Å². The Morgan fingerprint density at radius 2 is 1.69 bits per heavy atom. The first-order chi connectivity index (χ1) is 15.5. The first-order valence-corrected chi connectivity index (χ1v) is 11.5. The number of para-hydroxylation sites is 1. The Morgan fingerprint density at radius 1 is 1.03 bits per heavy atom. The Hall–Kier alpha value is -3.15. The first kappa shape index (κ1) is 23.5. The number of esters is 1. The zero-order valence-corrected chi connectivity index (χ0v) is 19.1. The van der Waals surface area contributed by atoms with Crippen molar-refractivity contribution in [2.75, 3.05) is 23.4 Å². The van der Waals surface area contributed by atoms with Crippen molar-refractivity contribution in [2.45, 2.75) is 52.9 Å². The highest BCUT2D eigenvalue weighted by molar-refractivity contribution is 6.04. The van der Waals surface area contributed by atoms with Crippen LogP contribution in [0.15, 0.2) is 42.5 Å². The van der Waals surface area contributed by atoms with Crippen LogP contribution in [0.1, 0.15) is 61.5 Å². The number of aryl methyl sites for hydroxylation is 2. The molecule has 6 heteroatoms. The molecule has 2 amide bonds. The van der Waals surface area contributed by atoms with Crippen molar-refractivity contribution in [2.24, 2.45) is 5.92 Å². The predicted octanol–water partition coefficient (Wildman–Crippen LogP) is 4.76. The summed E-state index contributed by atoms with van der Waals surface area (Å²) in [7, 11) is 0. The molecule has 2 aromatic rings. The van der Waals surface area contributed by atoms with E-state index in [1.54, 1.807) is 29.2 Å². The van der Waals surface area contributed by atoms with Gasteiger partial charge in [-0.05, 0) is 54.7 Å². The minimum Gasteiger partial charge on any atom is -0.462 e. The van der Waals surface area contributed by atoms with E-state index in [4.69, 9.17) is 4.74 Å². The van der Waals surface area contributed by atoms with Gasteiger partial charge in [-0.25, -0.2) is 4.79 Å². The summed E-state index contributed by atoms with van der Waals surface area (Å²) in [6.45, 7) is 6.96. The fraction of sp³-hybridized carbons (Fsp3) is 0.423. The molecule has 0 saturated carbocycles. The second kappa shape index (κ2) is 10.9. The molecule has 1 aliphatic rings. The van der Waals surface area contributed by atoms with Gasteiger partial charge in [0.25, 0.3) is 0 Å². The lowest BCUT2D eigenvalue weighted by atomic mass is 10.0. The smallest absolute Gasteiger partial charge is 0.338 e. The molecule has 2 aromatic carbocycles. The van der Waals surface area contributed by atoms with Crippen LogP contribution in [0, 0.1) is 5.92 Å². The van der Waals surface area contributed by atoms with E-state index in [-0.39, 0.29) is 24.2 Å². The van der Waals surface area contributed by atoms with E-state index in [1.807, 2.05) is 25.1 Å². The average molecular weight is 437 g/mol. The second-order valence-electron chi connectivity index (χ2n) is 8.09. The molecule has 1 heterocycles. The topological polar surface area (TPSA) is 75.7 Å². The van der Waals surface area contributed by atoms with Crippen molar-refractivity contribution in [1.82, 2.24) is 0 Å². The van der Waals surface area contributed by atoms with Crippen molar-refractivity contribution in [3.63, 3.8) is 0 Å². The van der Waals surface area contributed by atoms with E-state index < -0.39 is 5.92 Å². The number of nitrogens with zero attached hydrogens (tertiary/aromatic N) is 1. The molecule has 170 valence electrons. The summed E-state index contributed by atoms with van der Waals surface area (Å²) in [6, 6.07) is 12.8. The van der Waals surface area contributed by atoms with Gasteiger partial charge in [0.2, 0.25) is 11.8 Å². The molecule has 1 aliphatic heterocycles. The molecule has 0 radical (unpaired) electrons. The minimum atomic E-state index is -0.421. The van der Waals surface area contributed by atoms with Crippen molar-refractivity contribution in [3.05, 3.63) is 59.2 Å². The van der Waals surface area contributed by atoms with Gasteiger partial charge in [-0.1, -0.05) is 45.4 Å². The van der Waals surface area contributed by atoms with E-state index in [0.717, 1.165) is 42.5 Å². The highest BCUT2D eigenvalue weighted by Gasteiger charge is 2.36. The second-order valence-corrected chi connectivity index (χ2v) is 8.09. The molecular weight excluding hydrogens is 404 g/mol. The van der Waals surface area contributed by atoms with Gasteiger partial charge in [-0.3, -0.25) is 9.59 Å². The van der Waals surface area contributed by atoms with Gasteiger partial charge in [-0.2, -0.15) is 0 Å². The summed E-state index contributed by atoms with van der Waals surface area (Å²) in [6.07, 6.45) is 3.64. The molecular formula is C26H32N2O4. The third-order valence-corrected chi connectivity index (χ3v) is 5.85. The molecule has 0 aromatic heterocycles. The number of carbonyl (C=O) groups excluding carboxylic acids is 3. The SMILES string of the molecule is CCCCOC(=O)c1ccc(NC(=O)[C@H]2CC(=O)N(c3c(CC)cccc3CC)C2)cc1. The summed E-state index contributed by atoms with van der Waals surface area (Å²) in [5, 5.41) is 2.88. The van der Waals surface area contributed by atoms with Gasteiger partial charge in [-0.15, -0.1) is 0 Å². The molecule has 0 unspecified atom stereocenters. The Morgan fingerprint density at radius 3 is 2.28 bits per heavy atom. The number of unbranched alkanes of at least 4 members (excludes halogenated alkanes) is 1. The monoisotopic (exact) mass is 436 g/mol. The largest absolute Gasteiger partial charge is 0.462 e. The molecule has 6 nitrogen and oxygen atoms in total. The molecule has 1 fully saturated rings. The third kappa shape index (κ3) is 5.36. The number of hydrogen-bond acceptors (Lipinski definition) is 4. The maximum atomic E-state index is 12.9. The van der Waals surface area contributed by atoms with Crippen molar-refractivity contribution >= 4 is 29.2 Å². The van der Waals surface area contributed by atoms with E-state index in [1.165, 1.54) is 0 Å². The molecule has 32 heavy (non-hydrogen) atoms. The number of hydrogen-bond donors (Lipinski definition) is 1. The average Bonchev–Trinajstić information content (AvgIpc) is 3.20. The van der Waals surface area contributed by atoms with Crippen molar-refractivity contribution in [1.29, 1.82) is 0 Å². The van der Waals surface area contributed by atoms with Gasteiger partial charge < -0.3 is 15.0 Å². The van der Waals surface area contributed by atoms with E-state index in [9.17, 15) is 14.4 Å². The Bertz CT molecular complexity index is 946. The summed E-state index contributed by atoms with van der Waals surface area (Å²) >= 11 is 0.